The highest BCUT2D eigenvalue weighted by Gasteiger charge is 2.23. The van der Waals surface area contributed by atoms with Crippen LogP contribution in [-0.2, 0) is 0 Å². The first-order valence-corrected chi connectivity index (χ1v) is 7.84. The zero-order chi connectivity index (χ0) is 14.5. The fourth-order valence-electron chi connectivity index (χ4n) is 2.79. The van der Waals surface area contributed by atoms with Gasteiger partial charge in [0.05, 0.1) is 6.61 Å². The first-order chi connectivity index (χ1) is 10.3. The lowest BCUT2D eigenvalue weighted by Gasteiger charge is -2.08. The third-order valence-electron chi connectivity index (χ3n) is 4.16. The molecule has 0 radical (unpaired) electrons. The number of ether oxygens (including phenoxy) is 1. The molecule has 1 aliphatic rings. The normalized spacial score (nSPS) is 17.0. The van der Waals surface area contributed by atoms with Crippen molar-refractivity contribution in [3.63, 3.8) is 0 Å². The van der Waals surface area contributed by atoms with Gasteiger partial charge in [0.1, 0.15) is 5.75 Å². The summed E-state index contributed by atoms with van der Waals surface area (Å²) in [6, 6.07) is 9.87. The van der Waals surface area contributed by atoms with E-state index >= 15 is 0 Å². The molecule has 1 unspecified atom stereocenters. The van der Waals surface area contributed by atoms with Crippen LogP contribution >= 0.6 is 0 Å². The molecule has 112 valence electrons. The number of benzene rings is 1. The summed E-state index contributed by atoms with van der Waals surface area (Å²) in [6.45, 7) is 2.77. The molecule has 1 atom stereocenters. The number of aromatic nitrogens is 2. The second kappa shape index (κ2) is 6.74. The maximum Gasteiger partial charge on any atom is 0.229 e. The van der Waals surface area contributed by atoms with Crippen LogP contribution in [0.25, 0.3) is 0 Å². The molecule has 1 aliphatic carbocycles. The van der Waals surface area contributed by atoms with Gasteiger partial charge in [-0.2, -0.15) is 4.98 Å². The third-order valence-corrected chi connectivity index (χ3v) is 4.16. The Bertz CT molecular complexity index is 547. The summed E-state index contributed by atoms with van der Waals surface area (Å²) in [7, 11) is 0. The van der Waals surface area contributed by atoms with E-state index in [2.05, 4.69) is 17.1 Å². The Hall–Kier alpha value is -1.84. The summed E-state index contributed by atoms with van der Waals surface area (Å²) in [5.41, 5.74) is 0. The highest BCUT2D eigenvalue weighted by Crippen LogP contribution is 2.33. The summed E-state index contributed by atoms with van der Waals surface area (Å²) in [6.07, 6.45) is 5.85. The molecule has 0 aliphatic heterocycles. The van der Waals surface area contributed by atoms with Crippen molar-refractivity contribution in [1.29, 1.82) is 0 Å². The fourth-order valence-corrected chi connectivity index (χ4v) is 2.79. The third kappa shape index (κ3) is 3.63. The highest BCUT2D eigenvalue weighted by molar-refractivity contribution is 5.20. The summed E-state index contributed by atoms with van der Waals surface area (Å²) in [5, 5.41) is 4.16. The predicted octanol–water partition coefficient (Wildman–Crippen LogP) is 4.30. The van der Waals surface area contributed by atoms with E-state index in [9.17, 15) is 0 Å². The number of hydrogen-bond acceptors (Lipinski definition) is 4. The molecular weight excluding hydrogens is 264 g/mol. The Morgan fingerprint density at radius 3 is 2.76 bits per heavy atom. The van der Waals surface area contributed by atoms with Crippen molar-refractivity contribution in [1.82, 2.24) is 10.1 Å². The van der Waals surface area contributed by atoms with E-state index < -0.39 is 0 Å². The van der Waals surface area contributed by atoms with Crippen LogP contribution in [0.2, 0.25) is 0 Å². The van der Waals surface area contributed by atoms with Crippen molar-refractivity contribution in [3.05, 3.63) is 42.0 Å². The van der Waals surface area contributed by atoms with Gasteiger partial charge in [0.2, 0.25) is 5.89 Å². The van der Waals surface area contributed by atoms with Gasteiger partial charge >= 0.3 is 0 Å². The molecule has 3 rings (SSSR count). The zero-order valence-corrected chi connectivity index (χ0v) is 12.5. The van der Waals surface area contributed by atoms with Crippen molar-refractivity contribution in [2.75, 3.05) is 6.61 Å². The number of para-hydroxylation sites is 1. The second-order valence-corrected chi connectivity index (χ2v) is 5.82. The lowest BCUT2D eigenvalue weighted by molar-refractivity contribution is 0.280. The van der Waals surface area contributed by atoms with Crippen LogP contribution in [0.1, 0.15) is 62.6 Å². The van der Waals surface area contributed by atoms with E-state index in [1.54, 1.807) is 0 Å². The van der Waals surface area contributed by atoms with E-state index in [1.165, 1.54) is 25.7 Å². The molecule has 1 aromatic heterocycles. The topological polar surface area (TPSA) is 48.2 Å². The van der Waals surface area contributed by atoms with Gasteiger partial charge in [-0.25, -0.2) is 0 Å². The minimum absolute atomic E-state index is 0.233. The molecule has 0 N–H and O–H groups in total. The summed E-state index contributed by atoms with van der Waals surface area (Å²) in [5.74, 6) is 3.29. The Kier molecular flexibility index (Phi) is 4.53. The van der Waals surface area contributed by atoms with Crippen molar-refractivity contribution in [3.8, 4) is 5.75 Å². The molecule has 4 nitrogen and oxygen atoms in total. The van der Waals surface area contributed by atoms with Gasteiger partial charge in [-0.1, -0.05) is 43.1 Å². The monoisotopic (exact) mass is 286 g/mol. The summed E-state index contributed by atoms with van der Waals surface area (Å²) < 4.78 is 11.1. The molecule has 0 saturated heterocycles. The van der Waals surface area contributed by atoms with Crippen molar-refractivity contribution < 1.29 is 9.26 Å². The maximum atomic E-state index is 5.71. The molecule has 0 amide bonds. The van der Waals surface area contributed by atoms with Crippen LogP contribution < -0.4 is 4.74 Å². The minimum atomic E-state index is 0.233. The van der Waals surface area contributed by atoms with E-state index in [0.717, 1.165) is 23.9 Å². The molecule has 1 saturated carbocycles. The van der Waals surface area contributed by atoms with Crippen LogP contribution in [0.5, 0.6) is 5.75 Å². The van der Waals surface area contributed by atoms with Gasteiger partial charge in [0.25, 0.3) is 0 Å². The lowest BCUT2D eigenvalue weighted by atomic mass is 10.1. The molecule has 4 heteroatoms. The standard InChI is InChI=1S/C17H22N2O2/c1-13(11-12-20-15-9-3-2-4-10-15)17-18-16(19-21-17)14-7-5-6-8-14/h2-4,9-10,13-14H,5-8,11-12H2,1H3. The van der Waals surface area contributed by atoms with Crippen LogP contribution in [0.4, 0.5) is 0 Å². The largest absolute Gasteiger partial charge is 0.494 e. The van der Waals surface area contributed by atoms with E-state index in [1.807, 2.05) is 30.3 Å². The van der Waals surface area contributed by atoms with Crippen LogP contribution in [-0.4, -0.2) is 16.7 Å². The van der Waals surface area contributed by atoms with Crippen LogP contribution in [0.15, 0.2) is 34.9 Å². The van der Waals surface area contributed by atoms with Gasteiger partial charge in [-0.3, -0.25) is 0 Å². The first kappa shape index (κ1) is 14.1. The number of nitrogens with zero attached hydrogens (tertiary/aromatic N) is 2. The van der Waals surface area contributed by atoms with Crippen molar-refractivity contribution in [2.24, 2.45) is 0 Å². The van der Waals surface area contributed by atoms with Gasteiger partial charge < -0.3 is 9.26 Å². The maximum absolute atomic E-state index is 5.71. The molecule has 21 heavy (non-hydrogen) atoms. The number of rotatable bonds is 6. The Morgan fingerprint density at radius 2 is 2.00 bits per heavy atom. The highest BCUT2D eigenvalue weighted by atomic mass is 16.5. The van der Waals surface area contributed by atoms with Crippen LogP contribution in [0.3, 0.4) is 0 Å². The Balaban J connectivity index is 1.50. The van der Waals surface area contributed by atoms with E-state index in [-0.39, 0.29) is 5.92 Å². The SMILES string of the molecule is CC(CCOc1ccccc1)c1nc(C2CCCC2)no1. The van der Waals surface area contributed by atoms with E-state index in [0.29, 0.717) is 12.5 Å². The average molecular weight is 286 g/mol. The van der Waals surface area contributed by atoms with Crippen LogP contribution in [0, 0.1) is 0 Å². The van der Waals surface area contributed by atoms with Gasteiger partial charge in [-0.05, 0) is 31.4 Å². The summed E-state index contributed by atoms with van der Waals surface area (Å²) >= 11 is 0. The smallest absolute Gasteiger partial charge is 0.229 e. The minimum Gasteiger partial charge on any atom is -0.494 e. The van der Waals surface area contributed by atoms with E-state index in [4.69, 9.17) is 9.26 Å². The molecule has 0 spiro atoms. The van der Waals surface area contributed by atoms with Gasteiger partial charge in [0, 0.05) is 11.8 Å². The molecular formula is C17H22N2O2. The summed E-state index contributed by atoms with van der Waals surface area (Å²) in [4.78, 5) is 4.58. The second-order valence-electron chi connectivity index (χ2n) is 5.82. The Labute approximate surface area is 125 Å². The predicted molar refractivity (Wildman–Crippen MR) is 80.5 cm³/mol. The first-order valence-electron chi connectivity index (χ1n) is 7.84. The van der Waals surface area contributed by atoms with Gasteiger partial charge in [0.15, 0.2) is 5.82 Å². The average Bonchev–Trinajstić information content (AvgIpc) is 3.19. The molecule has 1 aromatic carbocycles. The van der Waals surface area contributed by atoms with Crippen molar-refractivity contribution in [2.45, 2.75) is 50.9 Å². The fraction of sp³-hybridized carbons (Fsp3) is 0.529. The number of hydrogen-bond donors (Lipinski definition) is 0. The molecule has 1 heterocycles. The molecule has 2 aromatic rings. The lowest BCUT2D eigenvalue weighted by Crippen LogP contribution is -2.04. The van der Waals surface area contributed by atoms with Crippen molar-refractivity contribution >= 4 is 0 Å². The molecule has 1 fully saturated rings. The molecule has 0 bridgehead atoms. The van der Waals surface area contributed by atoms with Gasteiger partial charge in [-0.15, -0.1) is 0 Å². The zero-order valence-electron chi connectivity index (χ0n) is 12.5. The Morgan fingerprint density at radius 1 is 1.24 bits per heavy atom. The quantitative estimate of drug-likeness (QED) is 0.794.